The molecule has 4 heteroatoms. The van der Waals surface area contributed by atoms with Crippen molar-refractivity contribution in [3.8, 4) is 12.3 Å². The summed E-state index contributed by atoms with van der Waals surface area (Å²) in [4.78, 5) is 7.90. The number of nitrogens with zero attached hydrogens (tertiary/aromatic N) is 2. The van der Waals surface area contributed by atoms with Crippen LogP contribution in [-0.2, 0) is 0 Å². The minimum atomic E-state index is -0.406. The first-order valence-electron chi connectivity index (χ1n) is 3.76. The van der Waals surface area contributed by atoms with Gasteiger partial charge in [0.15, 0.2) is 0 Å². The van der Waals surface area contributed by atoms with Crippen molar-refractivity contribution in [1.82, 2.24) is 9.97 Å². The molecule has 68 valence electrons. The molecule has 13 heavy (non-hydrogen) atoms. The lowest BCUT2D eigenvalue weighted by Gasteiger charge is -2.20. The van der Waals surface area contributed by atoms with E-state index in [1.165, 1.54) is 6.33 Å². The topological polar surface area (TPSA) is 37.8 Å². The molecular weight excluding hydrogens is 230 g/mol. The third-order valence-corrected chi connectivity index (χ3v) is 2.04. The highest BCUT2D eigenvalue weighted by Gasteiger charge is 2.14. The Morgan fingerprint density at radius 2 is 2.31 bits per heavy atom. The maximum absolute atomic E-state index is 5.33. The van der Waals surface area contributed by atoms with Crippen molar-refractivity contribution in [2.75, 3.05) is 5.32 Å². The smallest absolute Gasteiger partial charge is 0.144 e. The monoisotopic (exact) mass is 239 g/mol. The molecule has 3 nitrogen and oxygen atoms in total. The molecule has 0 bridgehead atoms. The number of nitrogens with one attached hydrogen (secondary N) is 1. The largest absolute Gasteiger partial charge is 0.353 e. The van der Waals surface area contributed by atoms with Crippen molar-refractivity contribution in [3.05, 3.63) is 17.0 Å². The van der Waals surface area contributed by atoms with E-state index < -0.39 is 5.54 Å². The quantitative estimate of drug-likeness (QED) is 0.804. The van der Waals surface area contributed by atoms with Crippen molar-refractivity contribution >= 4 is 21.7 Å². The van der Waals surface area contributed by atoms with Gasteiger partial charge in [0.25, 0.3) is 0 Å². The van der Waals surface area contributed by atoms with Crippen molar-refractivity contribution in [2.45, 2.75) is 19.4 Å². The van der Waals surface area contributed by atoms with E-state index in [4.69, 9.17) is 6.42 Å². The summed E-state index contributed by atoms with van der Waals surface area (Å²) in [6.07, 6.45) is 8.47. The predicted molar refractivity (Wildman–Crippen MR) is 56.3 cm³/mol. The molecule has 0 atom stereocenters. The van der Waals surface area contributed by atoms with Gasteiger partial charge in [-0.1, -0.05) is 5.92 Å². The van der Waals surface area contributed by atoms with Crippen molar-refractivity contribution in [2.24, 2.45) is 0 Å². The summed E-state index contributed by atoms with van der Waals surface area (Å²) in [7, 11) is 0. The Kier molecular flexibility index (Phi) is 2.89. The molecule has 0 saturated carbocycles. The van der Waals surface area contributed by atoms with E-state index in [0.29, 0.717) is 5.82 Å². The lowest BCUT2D eigenvalue weighted by molar-refractivity contribution is 0.734. The standard InChI is InChI=1S/C9H10BrN3/c1-4-9(2,3)13-8-7(10)5-11-6-12-8/h1,5-6H,2-3H3,(H,11,12,13). The number of hydrogen-bond acceptors (Lipinski definition) is 3. The Labute approximate surface area is 86.1 Å². The molecule has 0 amide bonds. The summed E-state index contributed by atoms with van der Waals surface area (Å²) < 4.78 is 0.804. The van der Waals surface area contributed by atoms with Crippen LogP contribution in [0.1, 0.15) is 13.8 Å². The van der Waals surface area contributed by atoms with Gasteiger partial charge in [0.05, 0.1) is 10.0 Å². The molecule has 1 rings (SSSR count). The van der Waals surface area contributed by atoms with E-state index in [1.54, 1.807) is 6.20 Å². The van der Waals surface area contributed by atoms with Gasteiger partial charge in [-0.2, -0.15) is 0 Å². The fraction of sp³-hybridized carbons (Fsp3) is 0.333. The summed E-state index contributed by atoms with van der Waals surface area (Å²) in [6, 6.07) is 0. The van der Waals surface area contributed by atoms with Crippen LogP contribution in [0.4, 0.5) is 5.82 Å². The normalized spacial score (nSPS) is 10.6. The van der Waals surface area contributed by atoms with Gasteiger partial charge in [-0.15, -0.1) is 6.42 Å². The molecule has 0 aromatic carbocycles. The van der Waals surface area contributed by atoms with Crippen molar-refractivity contribution in [3.63, 3.8) is 0 Å². The van der Waals surface area contributed by atoms with Gasteiger partial charge in [-0.3, -0.25) is 0 Å². The first-order chi connectivity index (χ1) is 6.05. The third kappa shape index (κ3) is 2.71. The third-order valence-electron chi connectivity index (χ3n) is 1.46. The Balaban J connectivity index is 2.88. The fourth-order valence-electron chi connectivity index (χ4n) is 0.737. The van der Waals surface area contributed by atoms with Gasteiger partial charge in [-0.05, 0) is 29.8 Å². The van der Waals surface area contributed by atoms with E-state index in [1.807, 2.05) is 13.8 Å². The summed E-state index contributed by atoms with van der Waals surface area (Å²) in [6.45, 7) is 3.81. The van der Waals surface area contributed by atoms with E-state index in [9.17, 15) is 0 Å². The van der Waals surface area contributed by atoms with Gasteiger partial charge >= 0.3 is 0 Å². The molecule has 0 unspecified atom stereocenters. The van der Waals surface area contributed by atoms with E-state index in [2.05, 4.69) is 37.1 Å². The van der Waals surface area contributed by atoms with Gasteiger partial charge in [0.1, 0.15) is 12.1 Å². The van der Waals surface area contributed by atoms with E-state index in [-0.39, 0.29) is 0 Å². The predicted octanol–water partition coefficient (Wildman–Crippen LogP) is 2.06. The molecular formula is C9H10BrN3. The number of halogens is 1. The zero-order valence-electron chi connectivity index (χ0n) is 7.50. The first-order valence-corrected chi connectivity index (χ1v) is 4.56. The molecule has 0 aliphatic heterocycles. The number of terminal acetylenes is 1. The number of rotatable bonds is 2. The summed E-state index contributed by atoms with van der Waals surface area (Å²) in [5, 5.41) is 3.10. The van der Waals surface area contributed by atoms with Crippen LogP contribution >= 0.6 is 15.9 Å². The number of anilines is 1. The molecule has 0 saturated heterocycles. The van der Waals surface area contributed by atoms with Gasteiger partial charge < -0.3 is 5.32 Å². The van der Waals surface area contributed by atoms with Gasteiger partial charge in [0.2, 0.25) is 0 Å². The molecule has 1 aromatic heterocycles. The second kappa shape index (κ2) is 3.75. The highest BCUT2D eigenvalue weighted by Crippen LogP contribution is 2.20. The van der Waals surface area contributed by atoms with Crippen LogP contribution in [-0.4, -0.2) is 15.5 Å². The number of aromatic nitrogens is 2. The van der Waals surface area contributed by atoms with Crippen molar-refractivity contribution in [1.29, 1.82) is 0 Å². The Bertz CT molecular complexity index is 341. The zero-order chi connectivity index (χ0) is 9.90. The molecule has 0 fully saturated rings. The number of hydrogen-bond donors (Lipinski definition) is 1. The summed E-state index contributed by atoms with van der Waals surface area (Å²) in [5.74, 6) is 3.33. The summed E-state index contributed by atoms with van der Waals surface area (Å²) in [5.41, 5.74) is -0.406. The Morgan fingerprint density at radius 1 is 1.62 bits per heavy atom. The molecule has 1 N–H and O–H groups in total. The van der Waals surface area contributed by atoms with Crippen LogP contribution in [0.5, 0.6) is 0 Å². The van der Waals surface area contributed by atoms with E-state index in [0.717, 1.165) is 4.47 Å². The molecule has 1 heterocycles. The van der Waals surface area contributed by atoms with Gasteiger partial charge in [0, 0.05) is 6.20 Å². The molecule has 0 spiro atoms. The van der Waals surface area contributed by atoms with Crippen LogP contribution in [0.15, 0.2) is 17.0 Å². The molecule has 0 radical (unpaired) electrons. The van der Waals surface area contributed by atoms with E-state index >= 15 is 0 Å². The minimum absolute atomic E-state index is 0.406. The summed E-state index contributed by atoms with van der Waals surface area (Å²) >= 11 is 3.32. The Hall–Kier alpha value is -1.08. The van der Waals surface area contributed by atoms with Crippen LogP contribution in [0.3, 0.4) is 0 Å². The van der Waals surface area contributed by atoms with Crippen molar-refractivity contribution < 1.29 is 0 Å². The van der Waals surface area contributed by atoms with Crippen LogP contribution in [0.2, 0.25) is 0 Å². The Morgan fingerprint density at radius 3 is 2.85 bits per heavy atom. The fourth-order valence-corrected chi connectivity index (χ4v) is 1.06. The molecule has 1 aromatic rings. The minimum Gasteiger partial charge on any atom is -0.353 e. The highest BCUT2D eigenvalue weighted by atomic mass is 79.9. The van der Waals surface area contributed by atoms with Crippen LogP contribution < -0.4 is 5.32 Å². The van der Waals surface area contributed by atoms with Crippen LogP contribution in [0, 0.1) is 12.3 Å². The molecule has 0 aliphatic rings. The average molecular weight is 240 g/mol. The molecule has 0 aliphatic carbocycles. The second-order valence-corrected chi connectivity index (χ2v) is 3.97. The first kappa shape index (κ1) is 10.0. The second-order valence-electron chi connectivity index (χ2n) is 3.11. The average Bonchev–Trinajstić information content (AvgIpc) is 2.09. The van der Waals surface area contributed by atoms with Gasteiger partial charge in [-0.25, -0.2) is 9.97 Å². The van der Waals surface area contributed by atoms with Crippen LogP contribution in [0.25, 0.3) is 0 Å². The maximum atomic E-state index is 5.33. The zero-order valence-corrected chi connectivity index (χ0v) is 9.09. The highest BCUT2D eigenvalue weighted by molar-refractivity contribution is 9.10. The SMILES string of the molecule is C#CC(C)(C)Nc1ncncc1Br. The maximum Gasteiger partial charge on any atom is 0.144 e. The lowest BCUT2D eigenvalue weighted by atomic mass is 10.1. The lowest BCUT2D eigenvalue weighted by Crippen LogP contribution is -2.29.